The van der Waals surface area contributed by atoms with E-state index >= 15 is 0 Å². The quantitative estimate of drug-likeness (QED) is 0.551. The fourth-order valence-electron chi connectivity index (χ4n) is 4.43. The Morgan fingerprint density at radius 1 is 1.06 bits per heavy atom. The van der Waals surface area contributed by atoms with Gasteiger partial charge in [0.15, 0.2) is 6.61 Å². The number of halogens is 5. The van der Waals surface area contributed by atoms with Crippen molar-refractivity contribution in [2.45, 2.75) is 37.7 Å². The van der Waals surface area contributed by atoms with Gasteiger partial charge in [-0.3, -0.25) is 9.59 Å². The first kappa shape index (κ1) is 23.2. The van der Waals surface area contributed by atoms with Crippen LogP contribution in [-0.2, 0) is 16.1 Å². The summed E-state index contributed by atoms with van der Waals surface area (Å²) in [5.74, 6) is -1.44. The van der Waals surface area contributed by atoms with Gasteiger partial charge in [0.25, 0.3) is 5.91 Å². The molecule has 0 heterocycles. The first-order valence-electron chi connectivity index (χ1n) is 10.00. The summed E-state index contributed by atoms with van der Waals surface area (Å²) in [6.07, 6.45) is -3.40. The molecule has 2 amide bonds. The van der Waals surface area contributed by atoms with Gasteiger partial charge in [-0.2, -0.15) is 0 Å². The lowest BCUT2D eigenvalue weighted by molar-refractivity contribution is -0.274. The number of carbonyl (C=O) groups is 2. The second-order valence-electron chi connectivity index (χ2n) is 8.38. The zero-order valence-corrected chi connectivity index (χ0v) is 17.9. The minimum atomic E-state index is -4.79. The highest BCUT2D eigenvalue weighted by Gasteiger charge is 2.72. The van der Waals surface area contributed by atoms with E-state index in [4.69, 9.17) is 16.3 Å². The van der Waals surface area contributed by atoms with Gasteiger partial charge in [0.2, 0.25) is 5.91 Å². The van der Waals surface area contributed by atoms with Crippen molar-refractivity contribution < 1.29 is 36.6 Å². The summed E-state index contributed by atoms with van der Waals surface area (Å²) in [4.78, 5) is 24.7. The number of amides is 2. The van der Waals surface area contributed by atoms with Crippen LogP contribution in [0.15, 0.2) is 42.5 Å². The van der Waals surface area contributed by atoms with Crippen molar-refractivity contribution in [2.24, 2.45) is 5.41 Å². The van der Waals surface area contributed by atoms with Gasteiger partial charge in [-0.15, -0.1) is 13.2 Å². The van der Waals surface area contributed by atoms with Crippen LogP contribution in [0.3, 0.4) is 0 Å². The number of nitrogens with one attached hydrogen (secondary N) is 2. The normalized spacial score (nSPS) is 23.1. The number of alkyl halides is 3. The molecule has 3 saturated carbocycles. The zero-order valence-electron chi connectivity index (χ0n) is 17.1. The highest BCUT2D eigenvalue weighted by Crippen LogP contribution is 2.67. The summed E-state index contributed by atoms with van der Waals surface area (Å²) in [6.45, 7) is -0.251. The highest BCUT2D eigenvalue weighted by molar-refractivity contribution is 6.30. The van der Waals surface area contributed by atoms with E-state index in [9.17, 15) is 27.2 Å². The highest BCUT2D eigenvalue weighted by atomic mass is 35.5. The Balaban J connectivity index is 1.21. The summed E-state index contributed by atoms with van der Waals surface area (Å²) in [7, 11) is 0. The van der Waals surface area contributed by atoms with Crippen molar-refractivity contribution >= 4 is 23.4 Å². The van der Waals surface area contributed by atoms with Crippen LogP contribution >= 0.6 is 11.6 Å². The summed E-state index contributed by atoms with van der Waals surface area (Å²) >= 11 is 5.60. The van der Waals surface area contributed by atoms with Crippen LogP contribution < -0.4 is 20.1 Å². The first-order valence-corrected chi connectivity index (χ1v) is 10.4. The Bertz CT molecular complexity index is 1070. The number of hydrogen-bond donors (Lipinski definition) is 2. The summed E-state index contributed by atoms with van der Waals surface area (Å²) in [5, 5.41) is 5.54. The minimum Gasteiger partial charge on any atom is -0.484 e. The molecule has 2 aromatic carbocycles. The summed E-state index contributed by atoms with van der Waals surface area (Å²) in [5.41, 5.74) is -0.590. The molecule has 0 aliphatic heterocycles. The van der Waals surface area contributed by atoms with Crippen molar-refractivity contribution in [1.82, 2.24) is 10.6 Å². The lowest BCUT2D eigenvalue weighted by atomic mass is 9.39. The molecule has 5 rings (SSSR count). The van der Waals surface area contributed by atoms with Crippen LogP contribution in [0.25, 0.3) is 0 Å². The van der Waals surface area contributed by atoms with Crippen LogP contribution in [0.4, 0.5) is 17.6 Å². The number of hydrogen-bond acceptors (Lipinski definition) is 4. The Labute approximate surface area is 191 Å². The molecule has 3 aliphatic rings. The minimum absolute atomic E-state index is 0.0495. The Morgan fingerprint density at radius 2 is 1.79 bits per heavy atom. The number of benzene rings is 2. The maximum absolute atomic E-state index is 13.4. The largest absolute Gasteiger partial charge is 0.573 e. The first-order chi connectivity index (χ1) is 15.5. The predicted octanol–water partition coefficient (Wildman–Crippen LogP) is 4.11. The Hall–Kier alpha value is -3.01. The van der Waals surface area contributed by atoms with Gasteiger partial charge in [0.1, 0.15) is 17.3 Å². The average Bonchev–Trinajstić information content (AvgIpc) is 2.67. The Kier molecular flexibility index (Phi) is 5.90. The molecule has 2 N–H and O–H groups in total. The molecule has 0 radical (unpaired) electrons. The molecule has 0 unspecified atom stereocenters. The van der Waals surface area contributed by atoms with Gasteiger partial charge in [-0.05, 0) is 49.1 Å². The molecule has 11 heteroatoms. The predicted molar refractivity (Wildman–Crippen MR) is 109 cm³/mol. The molecule has 33 heavy (non-hydrogen) atoms. The van der Waals surface area contributed by atoms with Crippen LogP contribution in [0, 0.1) is 11.2 Å². The van der Waals surface area contributed by atoms with Gasteiger partial charge >= 0.3 is 6.36 Å². The third kappa shape index (κ3) is 5.16. The van der Waals surface area contributed by atoms with Crippen LogP contribution in [-0.4, -0.2) is 30.3 Å². The molecule has 2 aromatic rings. The lowest BCUT2D eigenvalue weighted by Gasteiger charge is -2.69. The van der Waals surface area contributed by atoms with E-state index in [1.54, 1.807) is 6.07 Å². The zero-order chi connectivity index (χ0) is 23.9. The second-order valence-corrected chi connectivity index (χ2v) is 8.79. The van der Waals surface area contributed by atoms with Gasteiger partial charge < -0.3 is 20.1 Å². The molecule has 0 spiro atoms. The van der Waals surface area contributed by atoms with Crippen molar-refractivity contribution in [1.29, 1.82) is 0 Å². The fraction of sp³-hybridized carbons (Fsp3) is 0.364. The molecule has 0 saturated heterocycles. The summed E-state index contributed by atoms with van der Waals surface area (Å²) < 4.78 is 59.6. The van der Waals surface area contributed by atoms with Crippen LogP contribution in [0.2, 0.25) is 5.02 Å². The van der Waals surface area contributed by atoms with Gasteiger partial charge in [-0.1, -0.05) is 23.7 Å². The molecule has 0 atom stereocenters. The molecule has 176 valence electrons. The third-order valence-electron chi connectivity index (χ3n) is 5.76. The van der Waals surface area contributed by atoms with Gasteiger partial charge in [0, 0.05) is 18.2 Å². The molecule has 3 aliphatic carbocycles. The third-order valence-corrected chi connectivity index (χ3v) is 6.07. The van der Waals surface area contributed by atoms with Crippen molar-refractivity contribution in [3.05, 3.63) is 58.9 Å². The Morgan fingerprint density at radius 3 is 2.45 bits per heavy atom. The van der Waals surface area contributed by atoms with E-state index in [2.05, 4.69) is 15.4 Å². The van der Waals surface area contributed by atoms with E-state index in [1.807, 2.05) is 0 Å². The number of carbonyl (C=O) groups excluding carboxylic acids is 2. The topological polar surface area (TPSA) is 76.7 Å². The van der Waals surface area contributed by atoms with Gasteiger partial charge in [0.05, 0.1) is 10.4 Å². The molecule has 3 fully saturated rings. The van der Waals surface area contributed by atoms with Crippen molar-refractivity contribution in [3.8, 4) is 11.5 Å². The van der Waals surface area contributed by atoms with Gasteiger partial charge in [-0.25, -0.2) is 4.39 Å². The molecule has 2 bridgehead atoms. The SMILES string of the molecule is O=C(COc1ccc(Cl)c(F)c1)NC12CC(C(=O)NCc3cccc(OC(F)(F)F)c3)(C1)C2. The fourth-order valence-corrected chi connectivity index (χ4v) is 4.55. The lowest BCUT2D eigenvalue weighted by Crippen LogP contribution is -2.78. The van der Waals surface area contributed by atoms with E-state index in [0.29, 0.717) is 24.8 Å². The van der Waals surface area contributed by atoms with Crippen LogP contribution in [0.1, 0.15) is 24.8 Å². The maximum atomic E-state index is 13.4. The maximum Gasteiger partial charge on any atom is 0.573 e. The average molecular weight is 487 g/mol. The molecule has 6 nitrogen and oxygen atoms in total. The van der Waals surface area contributed by atoms with E-state index < -0.39 is 23.1 Å². The van der Waals surface area contributed by atoms with Crippen molar-refractivity contribution in [2.75, 3.05) is 6.61 Å². The number of ether oxygens (including phenoxy) is 2. The molecular weight excluding hydrogens is 468 g/mol. The smallest absolute Gasteiger partial charge is 0.484 e. The summed E-state index contributed by atoms with van der Waals surface area (Å²) in [6, 6.07) is 9.25. The van der Waals surface area contributed by atoms with E-state index in [1.165, 1.54) is 30.3 Å². The monoisotopic (exact) mass is 486 g/mol. The molecular formula is C22H19ClF4N2O4. The molecule has 0 aromatic heterocycles. The number of rotatable bonds is 8. The standard InChI is InChI=1S/C22H19ClF4N2O4/c23-16-5-4-14(7-17(16)24)32-9-18(30)29-21-10-20(11-21,12-21)19(31)28-8-13-2-1-3-15(6-13)33-22(25,26)27/h1-7H,8-12H2,(H,28,31)(H,29,30). The van der Waals surface area contributed by atoms with Crippen LogP contribution in [0.5, 0.6) is 11.5 Å². The van der Waals surface area contributed by atoms with Crippen molar-refractivity contribution in [3.63, 3.8) is 0 Å². The second kappa shape index (κ2) is 8.40. The van der Waals surface area contributed by atoms with E-state index in [-0.39, 0.29) is 41.5 Å². The van der Waals surface area contributed by atoms with E-state index in [0.717, 1.165) is 6.07 Å².